The molecule has 2 N–H and O–H groups in total. The molecule has 178 valence electrons. The molecule has 3 aliphatic rings. The van der Waals surface area contributed by atoms with Crippen LogP contribution in [0, 0.1) is 5.92 Å². The molecule has 0 aromatic heterocycles. The summed E-state index contributed by atoms with van der Waals surface area (Å²) >= 11 is 0. The molecule has 0 spiro atoms. The number of hydrogen-bond acceptors (Lipinski definition) is 5. The van der Waals surface area contributed by atoms with Crippen LogP contribution in [-0.2, 0) is 9.59 Å². The van der Waals surface area contributed by atoms with Crippen LogP contribution in [0.1, 0.15) is 23.2 Å². The van der Waals surface area contributed by atoms with Gasteiger partial charge >= 0.3 is 0 Å². The number of carbonyl (C=O) groups is 3. The molecule has 1 saturated carbocycles. The van der Waals surface area contributed by atoms with Crippen molar-refractivity contribution in [3.8, 4) is 11.1 Å². The first-order chi connectivity index (χ1) is 16.3. The maximum absolute atomic E-state index is 13.0. The average molecular weight is 463 g/mol. The first-order valence-electron chi connectivity index (χ1n) is 11.8. The highest BCUT2D eigenvalue weighted by atomic mass is 16.3. The van der Waals surface area contributed by atoms with Crippen molar-refractivity contribution in [1.82, 2.24) is 14.7 Å². The third-order valence-electron chi connectivity index (χ3n) is 7.01. The summed E-state index contributed by atoms with van der Waals surface area (Å²) in [7, 11) is 2.00. The number of nitrogens with zero attached hydrogens (tertiary/aromatic N) is 3. The fourth-order valence-corrected chi connectivity index (χ4v) is 4.61. The van der Waals surface area contributed by atoms with E-state index in [-0.39, 0.29) is 23.6 Å². The predicted molar refractivity (Wildman–Crippen MR) is 128 cm³/mol. The van der Waals surface area contributed by atoms with E-state index < -0.39 is 5.60 Å². The largest absolute Gasteiger partial charge is 0.380 e. The number of anilines is 1. The number of piperazine rings is 1. The fourth-order valence-electron chi connectivity index (χ4n) is 4.61. The van der Waals surface area contributed by atoms with Crippen molar-refractivity contribution in [2.75, 3.05) is 51.6 Å². The molecule has 3 fully saturated rings. The van der Waals surface area contributed by atoms with Gasteiger partial charge in [-0.3, -0.25) is 14.4 Å². The summed E-state index contributed by atoms with van der Waals surface area (Å²) in [6, 6.07) is 15.2. The Hall–Kier alpha value is -3.23. The minimum Gasteiger partial charge on any atom is -0.380 e. The molecule has 2 aliphatic heterocycles. The molecule has 8 nitrogen and oxygen atoms in total. The van der Waals surface area contributed by atoms with Gasteiger partial charge in [-0.2, -0.15) is 0 Å². The minimum absolute atomic E-state index is 0.0393. The fraction of sp³-hybridized carbons (Fsp3) is 0.423. The lowest BCUT2D eigenvalue weighted by Gasteiger charge is -2.35. The Labute approximate surface area is 199 Å². The highest BCUT2D eigenvalue weighted by molar-refractivity contribution is 5.96. The van der Waals surface area contributed by atoms with E-state index in [0.29, 0.717) is 44.6 Å². The Morgan fingerprint density at radius 2 is 1.56 bits per heavy atom. The summed E-state index contributed by atoms with van der Waals surface area (Å²) in [5, 5.41) is 13.0. The molecule has 2 heterocycles. The molecule has 0 radical (unpaired) electrons. The maximum atomic E-state index is 13.0. The zero-order chi connectivity index (χ0) is 23.9. The topological polar surface area (TPSA) is 93.2 Å². The van der Waals surface area contributed by atoms with E-state index in [1.54, 1.807) is 9.80 Å². The Morgan fingerprint density at radius 3 is 2.18 bits per heavy atom. The van der Waals surface area contributed by atoms with Crippen LogP contribution in [-0.4, -0.2) is 89.4 Å². The second kappa shape index (κ2) is 8.85. The minimum atomic E-state index is -1.16. The van der Waals surface area contributed by atoms with Gasteiger partial charge in [0.15, 0.2) is 0 Å². The van der Waals surface area contributed by atoms with Crippen LogP contribution in [0.4, 0.5) is 5.69 Å². The third-order valence-corrected chi connectivity index (χ3v) is 7.01. The predicted octanol–water partition coefficient (Wildman–Crippen LogP) is 1.66. The van der Waals surface area contributed by atoms with Crippen molar-refractivity contribution in [1.29, 1.82) is 0 Å². The van der Waals surface area contributed by atoms with Gasteiger partial charge in [-0.1, -0.05) is 24.3 Å². The number of nitrogens with one attached hydrogen (secondary N) is 1. The molecule has 1 aliphatic carbocycles. The summed E-state index contributed by atoms with van der Waals surface area (Å²) in [5.74, 6) is -0.181. The van der Waals surface area contributed by atoms with Crippen LogP contribution >= 0.6 is 0 Å². The van der Waals surface area contributed by atoms with E-state index in [4.69, 9.17) is 0 Å². The first-order valence-corrected chi connectivity index (χ1v) is 11.8. The van der Waals surface area contributed by atoms with E-state index in [0.717, 1.165) is 29.9 Å². The highest BCUT2D eigenvalue weighted by Crippen LogP contribution is 2.37. The molecule has 2 aromatic carbocycles. The van der Waals surface area contributed by atoms with E-state index in [1.807, 2.05) is 55.6 Å². The van der Waals surface area contributed by atoms with Crippen LogP contribution in [0.2, 0.25) is 0 Å². The van der Waals surface area contributed by atoms with Crippen LogP contribution < -0.4 is 5.32 Å². The van der Waals surface area contributed by atoms with Crippen LogP contribution in [0.5, 0.6) is 0 Å². The Balaban J connectivity index is 1.19. The quantitative estimate of drug-likeness (QED) is 0.705. The van der Waals surface area contributed by atoms with E-state index >= 15 is 0 Å². The monoisotopic (exact) mass is 462 g/mol. The molecule has 2 saturated heterocycles. The van der Waals surface area contributed by atoms with Gasteiger partial charge in [-0.05, 0) is 55.3 Å². The molecular formula is C26H30N4O4. The van der Waals surface area contributed by atoms with Gasteiger partial charge in [-0.15, -0.1) is 0 Å². The van der Waals surface area contributed by atoms with E-state index in [2.05, 4.69) is 10.2 Å². The molecule has 0 bridgehead atoms. The van der Waals surface area contributed by atoms with Crippen molar-refractivity contribution in [2.45, 2.75) is 18.4 Å². The van der Waals surface area contributed by atoms with Crippen LogP contribution in [0.25, 0.3) is 11.1 Å². The third kappa shape index (κ3) is 4.56. The van der Waals surface area contributed by atoms with Gasteiger partial charge in [0.1, 0.15) is 5.60 Å². The second-order valence-electron chi connectivity index (χ2n) is 9.68. The van der Waals surface area contributed by atoms with Crippen molar-refractivity contribution in [3.05, 3.63) is 54.1 Å². The van der Waals surface area contributed by atoms with Crippen LogP contribution in [0.15, 0.2) is 48.5 Å². The number of benzene rings is 2. The van der Waals surface area contributed by atoms with Gasteiger partial charge in [0.25, 0.3) is 11.8 Å². The van der Waals surface area contributed by atoms with E-state index in [1.165, 1.54) is 0 Å². The Bertz CT molecular complexity index is 1100. The Kier molecular flexibility index (Phi) is 5.87. The summed E-state index contributed by atoms with van der Waals surface area (Å²) < 4.78 is 0. The number of rotatable bonds is 5. The van der Waals surface area contributed by atoms with Crippen molar-refractivity contribution >= 4 is 23.4 Å². The molecule has 8 heteroatoms. The first kappa shape index (κ1) is 22.6. The van der Waals surface area contributed by atoms with Gasteiger partial charge in [0.2, 0.25) is 5.91 Å². The van der Waals surface area contributed by atoms with Gasteiger partial charge < -0.3 is 25.1 Å². The second-order valence-corrected chi connectivity index (χ2v) is 9.68. The number of amides is 3. The summed E-state index contributed by atoms with van der Waals surface area (Å²) in [4.78, 5) is 43.1. The molecule has 3 amide bonds. The summed E-state index contributed by atoms with van der Waals surface area (Å²) in [6.45, 7) is 3.38. The van der Waals surface area contributed by atoms with Crippen molar-refractivity contribution in [2.24, 2.45) is 5.92 Å². The van der Waals surface area contributed by atoms with Gasteiger partial charge in [0, 0.05) is 50.5 Å². The van der Waals surface area contributed by atoms with Crippen molar-refractivity contribution < 1.29 is 19.5 Å². The molecule has 0 unspecified atom stereocenters. The SMILES string of the molecule is CN1CC(C(=O)Nc2cccc(-c3ccc(C(=O)N4CCN(C(=O)C5(O)CC5)CC4)cc3)c2)C1. The Morgan fingerprint density at radius 1 is 0.912 bits per heavy atom. The maximum Gasteiger partial charge on any atom is 0.254 e. The standard InChI is InChI=1S/C26H30N4O4/c1-28-16-21(17-28)23(31)27-22-4-2-3-20(15-22)18-5-7-19(8-6-18)24(32)29-11-13-30(14-12-29)25(33)26(34)9-10-26/h2-8,15,21,34H,9-14,16-17H2,1H3,(H,27,31). The number of carbonyl (C=O) groups excluding carboxylic acids is 3. The van der Waals surface area contributed by atoms with Gasteiger partial charge in [-0.25, -0.2) is 0 Å². The summed E-state index contributed by atoms with van der Waals surface area (Å²) in [5.41, 5.74) is 2.14. The van der Waals surface area contributed by atoms with Crippen LogP contribution in [0.3, 0.4) is 0 Å². The van der Waals surface area contributed by atoms with E-state index in [9.17, 15) is 19.5 Å². The molecule has 0 atom stereocenters. The van der Waals surface area contributed by atoms with Crippen molar-refractivity contribution in [3.63, 3.8) is 0 Å². The normalized spacial score (nSPS) is 19.9. The van der Waals surface area contributed by atoms with Gasteiger partial charge in [0.05, 0.1) is 5.92 Å². The number of hydrogen-bond donors (Lipinski definition) is 2. The number of aliphatic hydroxyl groups is 1. The lowest BCUT2D eigenvalue weighted by atomic mass is 9.99. The molecule has 2 aromatic rings. The highest BCUT2D eigenvalue weighted by Gasteiger charge is 2.50. The lowest BCUT2D eigenvalue weighted by molar-refractivity contribution is -0.143. The summed E-state index contributed by atoms with van der Waals surface area (Å²) in [6.07, 6.45) is 1.06. The average Bonchev–Trinajstić information content (AvgIpc) is 3.60. The zero-order valence-electron chi connectivity index (χ0n) is 19.4. The molecule has 5 rings (SSSR count). The molecular weight excluding hydrogens is 432 g/mol. The molecule has 34 heavy (non-hydrogen) atoms. The zero-order valence-corrected chi connectivity index (χ0v) is 19.4. The lowest BCUT2D eigenvalue weighted by Crippen LogP contribution is -2.53. The number of likely N-dealkylation sites (tertiary alicyclic amines) is 1. The smallest absolute Gasteiger partial charge is 0.254 e.